The molecular formula is C21H23N3O4. The molecule has 7 heteroatoms. The third-order valence-corrected chi connectivity index (χ3v) is 5.07. The Morgan fingerprint density at radius 3 is 2.71 bits per heavy atom. The number of rotatable bonds is 4. The molecule has 2 aromatic rings. The van der Waals surface area contributed by atoms with Crippen molar-refractivity contribution < 1.29 is 19.1 Å². The van der Waals surface area contributed by atoms with Crippen LogP contribution in [0.2, 0.25) is 0 Å². The van der Waals surface area contributed by atoms with Crippen LogP contribution in [0.5, 0.6) is 5.75 Å². The van der Waals surface area contributed by atoms with Gasteiger partial charge in [0.2, 0.25) is 5.91 Å². The summed E-state index contributed by atoms with van der Waals surface area (Å²) >= 11 is 0. The molecule has 2 bridgehead atoms. The summed E-state index contributed by atoms with van der Waals surface area (Å²) in [6.45, 7) is 1.15. The molecule has 2 aliphatic rings. The van der Waals surface area contributed by atoms with E-state index in [0.717, 1.165) is 0 Å². The van der Waals surface area contributed by atoms with Gasteiger partial charge < -0.3 is 24.6 Å². The van der Waals surface area contributed by atoms with Crippen LogP contribution in [-0.4, -0.2) is 55.8 Å². The quantitative estimate of drug-likeness (QED) is 0.884. The lowest BCUT2D eigenvalue weighted by Gasteiger charge is -2.31. The van der Waals surface area contributed by atoms with Gasteiger partial charge in [-0.1, -0.05) is 30.3 Å². The largest absolute Gasteiger partial charge is 0.486 e. The minimum Gasteiger partial charge on any atom is -0.486 e. The first-order valence-electron chi connectivity index (χ1n) is 9.36. The van der Waals surface area contributed by atoms with Crippen LogP contribution in [0, 0.1) is 0 Å². The van der Waals surface area contributed by atoms with Gasteiger partial charge in [-0.2, -0.15) is 0 Å². The summed E-state index contributed by atoms with van der Waals surface area (Å²) in [4.78, 5) is 29.5. The van der Waals surface area contributed by atoms with Gasteiger partial charge in [0.05, 0.1) is 18.8 Å². The van der Waals surface area contributed by atoms with Gasteiger partial charge in [-0.25, -0.2) is 4.79 Å². The summed E-state index contributed by atoms with van der Waals surface area (Å²) in [6.07, 6.45) is 0.250. The second-order valence-corrected chi connectivity index (χ2v) is 6.89. The number of methoxy groups -OCH3 is 1. The molecule has 28 heavy (non-hydrogen) atoms. The maximum atomic E-state index is 13.4. The zero-order chi connectivity index (χ0) is 19.5. The van der Waals surface area contributed by atoms with Crippen LogP contribution in [0.25, 0.3) is 0 Å². The van der Waals surface area contributed by atoms with E-state index in [0.29, 0.717) is 43.2 Å². The number of para-hydroxylation sites is 3. The fourth-order valence-electron chi connectivity index (χ4n) is 3.73. The summed E-state index contributed by atoms with van der Waals surface area (Å²) in [5, 5.41) is 2.87. The fraction of sp³-hybridized carbons (Fsp3) is 0.333. The molecule has 1 fully saturated rings. The highest BCUT2D eigenvalue weighted by molar-refractivity contribution is 6.02. The number of nitrogens with one attached hydrogen (secondary N) is 1. The lowest BCUT2D eigenvalue weighted by atomic mass is 10.1. The number of fused-ring (bicyclic) bond motifs is 3. The predicted octanol–water partition coefficient (Wildman–Crippen LogP) is 2.73. The maximum Gasteiger partial charge on any atom is 0.322 e. The van der Waals surface area contributed by atoms with Crippen LogP contribution in [0.1, 0.15) is 6.42 Å². The highest BCUT2D eigenvalue weighted by Gasteiger charge is 2.44. The molecule has 3 amide bonds. The van der Waals surface area contributed by atoms with Gasteiger partial charge in [0, 0.05) is 25.8 Å². The first kappa shape index (κ1) is 18.3. The summed E-state index contributed by atoms with van der Waals surface area (Å²) in [7, 11) is 1.60. The molecule has 7 nitrogen and oxygen atoms in total. The van der Waals surface area contributed by atoms with Crippen LogP contribution in [0.4, 0.5) is 16.2 Å². The molecule has 1 N–H and O–H groups in total. The maximum absolute atomic E-state index is 13.4. The van der Waals surface area contributed by atoms with Gasteiger partial charge in [0.15, 0.2) is 0 Å². The number of hydrogen-bond donors (Lipinski definition) is 1. The lowest BCUT2D eigenvalue weighted by Crippen LogP contribution is -2.50. The molecule has 2 atom stereocenters. The van der Waals surface area contributed by atoms with Crippen LogP contribution in [-0.2, 0) is 9.53 Å². The lowest BCUT2D eigenvalue weighted by molar-refractivity contribution is -0.122. The van der Waals surface area contributed by atoms with Crippen molar-refractivity contribution in [1.29, 1.82) is 0 Å². The second kappa shape index (κ2) is 7.90. The van der Waals surface area contributed by atoms with E-state index in [4.69, 9.17) is 9.47 Å². The van der Waals surface area contributed by atoms with Crippen molar-refractivity contribution in [3.05, 3.63) is 54.6 Å². The molecule has 1 saturated heterocycles. The van der Waals surface area contributed by atoms with Gasteiger partial charge >= 0.3 is 6.03 Å². The molecule has 2 heterocycles. The van der Waals surface area contributed by atoms with Crippen LogP contribution in [0.15, 0.2) is 54.6 Å². The molecule has 0 radical (unpaired) electrons. The third kappa shape index (κ3) is 3.53. The number of carbonyl (C=O) groups excluding carboxylic acids is 2. The van der Waals surface area contributed by atoms with Gasteiger partial charge in [-0.15, -0.1) is 0 Å². The highest BCUT2D eigenvalue weighted by atomic mass is 16.5. The molecule has 2 aromatic carbocycles. The number of amides is 3. The highest BCUT2D eigenvalue weighted by Crippen LogP contribution is 2.36. The minimum absolute atomic E-state index is 0.112. The van der Waals surface area contributed by atoms with Gasteiger partial charge in [0.1, 0.15) is 17.9 Å². The Labute approximate surface area is 163 Å². The van der Waals surface area contributed by atoms with E-state index in [9.17, 15) is 9.59 Å². The topological polar surface area (TPSA) is 71.1 Å². The first-order chi connectivity index (χ1) is 13.7. The van der Waals surface area contributed by atoms with E-state index in [-0.39, 0.29) is 18.0 Å². The average molecular weight is 381 g/mol. The Morgan fingerprint density at radius 2 is 1.93 bits per heavy atom. The van der Waals surface area contributed by atoms with E-state index >= 15 is 0 Å². The van der Waals surface area contributed by atoms with Crippen LogP contribution in [0.3, 0.4) is 0 Å². The molecule has 0 spiro atoms. The smallest absolute Gasteiger partial charge is 0.322 e. The average Bonchev–Trinajstić information content (AvgIpc) is 3.14. The van der Waals surface area contributed by atoms with Crippen molar-refractivity contribution in [3.8, 4) is 5.75 Å². The summed E-state index contributed by atoms with van der Waals surface area (Å²) in [5.41, 5.74) is 1.40. The van der Waals surface area contributed by atoms with Gasteiger partial charge in [-0.3, -0.25) is 4.79 Å². The summed E-state index contributed by atoms with van der Waals surface area (Å²) < 4.78 is 11.3. The predicted molar refractivity (Wildman–Crippen MR) is 106 cm³/mol. The Balaban J connectivity index is 1.61. The van der Waals surface area contributed by atoms with E-state index in [2.05, 4.69) is 5.32 Å². The first-order valence-corrected chi connectivity index (χ1v) is 9.36. The van der Waals surface area contributed by atoms with E-state index in [1.807, 2.05) is 54.6 Å². The van der Waals surface area contributed by atoms with Crippen molar-refractivity contribution >= 4 is 23.3 Å². The Morgan fingerprint density at radius 1 is 1.18 bits per heavy atom. The molecule has 0 unspecified atom stereocenters. The van der Waals surface area contributed by atoms with Gasteiger partial charge in [0.25, 0.3) is 0 Å². The number of likely N-dealkylation sites (tertiary alicyclic amines) is 1. The number of anilines is 2. The SMILES string of the molecule is COCCN1C(=O)[C@@H]2C[C@@H](CN2C(=O)Nc2ccccc2)Oc2ccccc21. The summed E-state index contributed by atoms with van der Waals surface area (Å²) in [6, 6.07) is 15.8. The Hall–Kier alpha value is -3.06. The number of nitrogens with zero attached hydrogens (tertiary/aromatic N) is 2. The van der Waals surface area contributed by atoms with Crippen molar-refractivity contribution in [2.75, 3.05) is 37.0 Å². The number of benzene rings is 2. The molecule has 0 saturated carbocycles. The number of hydrogen-bond acceptors (Lipinski definition) is 4. The van der Waals surface area contributed by atoms with Crippen molar-refractivity contribution in [2.45, 2.75) is 18.6 Å². The van der Waals surface area contributed by atoms with E-state index in [1.54, 1.807) is 16.9 Å². The van der Waals surface area contributed by atoms with Crippen LogP contribution >= 0.6 is 0 Å². The number of ether oxygens (including phenoxy) is 2. The molecular weight excluding hydrogens is 358 g/mol. The number of carbonyl (C=O) groups is 2. The van der Waals surface area contributed by atoms with E-state index in [1.165, 1.54) is 0 Å². The standard InChI is InChI=1S/C21H23N3O4/c1-27-12-11-23-17-9-5-6-10-19(17)28-16-13-18(20(23)25)24(14-16)21(26)22-15-7-3-2-4-8-15/h2-10,16,18H,11-14H2,1H3,(H,22,26)/t16-,18-/m0/s1. The third-order valence-electron chi connectivity index (χ3n) is 5.07. The van der Waals surface area contributed by atoms with Gasteiger partial charge in [-0.05, 0) is 24.3 Å². The molecule has 0 aromatic heterocycles. The van der Waals surface area contributed by atoms with Crippen molar-refractivity contribution in [2.24, 2.45) is 0 Å². The monoisotopic (exact) mass is 381 g/mol. The normalized spacial score (nSPS) is 20.8. The minimum atomic E-state index is -0.570. The molecule has 146 valence electrons. The fourth-order valence-corrected chi connectivity index (χ4v) is 3.73. The number of urea groups is 1. The second-order valence-electron chi connectivity index (χ2n) is 6.89. The van der Waals surface area contributed by atoms with Crippen molar-refractivity contribution in [3.63, 3.8) is 0 Å². The molecule has 0 aliphatic carbocycles. The zero-order valence-electron chi connectivity index (χ0n) is 15.7. The van der Waals surface area contributed by atoms with Crippen molar-refractivity contribution in [1.82, 2.24) is 4.90 Å². The molecule has 2 aliphatic heterocycles. The van der Waals surface area contributed by atoms with Crippen LogP contribution < -0.4 is 15.0 Å². The summed E-state index contributed by atoms with van der Waals surface area (Å²) in [5.74, 6) is 0.541. The Bertz CT molecular complexity index is 858. The Kier molecular flexibility index (Phi) is 5.16. The van der Waals surface area contributed by atoms with E-state index < -0.39 is 6.04 Å². The zero-order valence-corrected chi connectivity index (χ0v) is 15.7. The molecule has 4 rings (SSSR count).